The van der Waals surface area contributed by atoms with Gasteiger partial charge in [-0.3, -0.25) is 4.79 Å². The van der Waals surface area contributed by atoms with Crippen LogP contribution in [0.5, 0.6) is 5.75 Å². The molecule has 3 rings (SSSR count). The lowest BCUT2D eigenvalue weighted by Gasteiger charge is -2.37. The minimum Gasteiger partial charge on any atom is -0.492 e. The predicted octanol–water partition coefficient (Wildman–Crippen LogP) is 0.820. The number of amides is 1. The van der Waals surface area contributed by atoms with Gasteiger partial charge in [-0.2, -0.15) is 0 Å². The van der Waals surface area contributed by atoms with Crippen LogP contribution in [0, 0.1) is 0 Å². The first-order valence-corrected chi connectivity index (χ1v) is 6.96. The number of hydrogen-bond donors (Lipinski definition) is 2. The summed E-state index contributed by atoms with van der Waals surface area (Å²) in [7, 11) is 0. The summed E-state index contributed by atoms with van der Waals surface area (Å²) in [4.78, 5) is 12.5. The molecule has 2 N–H and O–H groups in total. The average Bonchev–Trinajstić information content (AvgIpc) is 2.92. The van der Waals surface area contributed by atoms with E-state index in [0.29, 0.717) is 32.7 Å². The average molecular weight is 277 g/mol. The van der Waals surface area contributed by atoms with E-state index in [2.05, 4.69) is 5.32 Å². The first-order chi connectivity index (χ1) is 9.74. The topological polar surface area (TPSA) is 67.8 Å². The molecule has 108 valence electrons. The van der Waals surface area contributed by atoms with Crippen LogP contribution in [0.25, 0.3) is 0 Å². The van der Waals surface area contributed by atoms with Gasteiger partial charge in [-0.1, -0.05) is 18.2 Å². The summed E-state index contributed by atoms with van der Waals surface area (Å²) in [5.74, 6) is 0.404. The van der Waals surface area contributed by atoms with Gasteiger partial charge in [0.1, 0.15) is 18.3 Å². The van der Waals surface area contributed by atoms with E-state index in [-0.39, 0.29) is 18.4 Å². The van der Waals surface area contributed by atoms with Crippen molar-refractivity contribution in [3.8, 4) is 5.75 Å². The molecule has 0 spiro atoms. The van der Waals surface area contributed by atoms with Crippen molar-refractivity contribution in [3.05, 3.63) is 29.8 Å². The second-order valence-electron chi connectivity index (χ2n) is 5.44. The summed E-state index contributed by atoms with van der Waals surface area (Å²) in [6.07, 6.45) is 1.29. The standard InChI is InChI=1S/C15H19NO4/c17-10-15(5-7-19-8-6-15)16-14(18)12-9-20-13-4-2-1-3-11(12)13/h1-4,12,17H,5-10H2,(H,16,18). The number of benzene rings is 1. The summed E-state index contributed by atoms with van der Waals surface area (Å²) in [6.45, 7) is 1.44. The van der Waals surface area contributed by atoms with Crippen LogP contribution in [0.4, 0.5) is 0 Å². The molecule has 1 atom stereocenters. The van der Waals surface area contributed by atoms with Crippen molar-refractivity contribution >= 4 is 5.91 Å². The number of hydrogen-bond acceptors (Lipinski definition) is 4. The van der Waals surface area contributed by atoms with E-state index < -0.39 is 5.54 Å². The molecule has 0 saturated carbocycles. The highest BCUT2D eigenvalue weighted by Gasteiger charge is 2.38. The van der Waals surface area contributed by atoms with Crippen LogP contribution in [0.2, 0.25) is 0 Å². The van der Waals surface area contributed by atoms with Crippen LogP contribution in [0.3, 0.4) is 0 Å². The smallest absolute Gasteiger partial charge is 0.231 e. The molecule has 2 aliphatic heterocycles. The Balaban J connectivity index is 1.74. The zero-order valence-corrected chi connectivity index (χ0v) is 11.3. The molecule has 1 fully saturated rings. The number of ether oxygens (including phenoxy) is 2. The lowest BCUT2D eigenvalue weighted by atomic mass is 9.89. The summed E-state index contributed by atoms with van der Waals surface area (Å²) in [5, 5.41) is 12.6. The Morgan fingerprint density at radius 3 is 2.85 bits per heavy atom. The Labute approximate surface area is 117 Å². The summed E-state index contributed by atoms with van der Waals surface area (Å²) >= 11 is 0. The van der Waals surface area contributed by atoms with Crippen molar-refractivity contribution in [2.24, 2.45) is 0 Å². The van der Waals surface area contributed by atoms with Gasteiger partial charge in [-0.25, -0.2) is 0 Å². The molecule has 1 saturated heterocycles. The lowest BCUT2D eigenvalue weighted by molar-refractivity contribution is -0.127. The molecule has 0 bridgehead atoms. The molecule has 0 radical (unpaired) electrons. The van der Waals surface area contributed by atoms with E-state index in [1.54, 1.807) is 0 Å². The normalized spacial score (nSPS) is 23.8. The second kappa shape index (κ2) is 5.42. The van der Waals surface area contributed by atoms with Crippen molar-refractivity contribution in [3.63, 3.8) is 0 Å². The largest absolute Gasteiger partial charge is 0.492 e. The molecular formula is C15H19NO4. The molecule has 0 aliphatic carbocycles. The molecule has 2 aliphatic rings. The van der Waals surface area contributed by atoms with E-state index in [1.165, 1.54) is 0 Å². The zero-order valence-electron chi connectivity index (χ0n) is 11.3. The van der Waals surface area contributed by atoms with Gasteiger partial charge in [-0.05, 0) is 18.9 Å². The van der Waals surface area contributed by atoms with Gasteiger partial charge in [0.25, 0.3) is 0 Å². The Morgan fingerprint density at radius 2 is 2.10 bits per heavy atom. The highest BCUT2D eigenvalue weighted by atomic mass is 16.5. The van der Waals surface area contributed by atoms with E-state index in [0.717, 1.165) is 11.3 Å². The third-order valence-corrected chi connectivity index (χ3v) is 4.16. The SMILES string of the molecule is O=C(NC1(CO)CCOCC1)C1COc2ccccc21. The van der Waals surface area contributed by atoms with Crippen LogP contribution < -0.4 is 10.1 Å². The molecular weight excluding hydrogens is 258 g/mol. The molecule has 0 aromatic heterocycles. The summed E-state index contributed by atoms with van der Waals surface area (Å²) < 4.78 is 10.8. The van der Waals surface area contributed by atoms with Gasteiger partial charge in [0.05, 0.1) is 12.1 Å². The monoisotopic (exact) mass is 277 g/mol. The molecule has 2 heterocycles. The maximum absolute atomic E-state index is 12.5. The Morgan fingerprint density at radius 1 is 1.35 bits per heavy atom. The number of aliphatic hydroxyl groups excluding tert-OH is 1. The number of nitrogens with one attached hydrogen (secondary N) is 1. The van der Waals surface area contributed by atoms with Crippen molar-refractivity contribution in [2.45, 2.75) is 24.3 Å². The fourth-order valence-electron chi connectivity index (χ4n) is 2.81. The van der Waals surface area contributed by atoms with Gasteiger partial charge in [0.15, 0.2) is 0 Å². The van der Waals surface area contributed by atoms with Gasteiger partial charge in [-0.15, -0.1) is 0 Å². The van der Waals surface area contributed by atoms with E-state index in [1.807, 2.05) is 24.3 Å². The number of fused-ring (bicyclic) bond motifs is 1. The Bertz CT molecular complexity index is 496. The summed E-state index contributed by atoms with van der Waals surface area (Å²) in [6, 6.07) is 7.60. The highest BCUT2D eigenvalue weighted by molar-refractivity contribution is 5.86. The van der Waals surface area contributed by atoms with E-state index in [9.17, 15) is 9.90 Å². The molecule has 1 aromatic carbocycles. The first-order valence-electron chi connectivity index (χ1n) is 6.96. The fourth-order valence-corrected chi connectivity index (χ4v) is 2.81. The van der Waals surface area contributed by atoms with Gasteiger partial charge < -0.3 is 19.9 Å². The molecule has 1 unspecified atom stereocenters. The fraction of sp³-hybridized carbons (Fsp3) is 0.533. The number of carbonyl (C=O) groups is 1. The first kappa shape index (κ1) is 13.4. The lowest BCUT2D eigenvalue weighted by Crippen LogP contribution is -2.55. The van der Waals surface area contributed by atoms with E-state index in [4.69, 9.17) is 9.47 Å². The van der Waals surface area contributed by atoms with Crippen molar-refractivity contribution in [1.29, 1.82) is 0 Å². The third kappa shape index (κ3) is 2.39. The van der Waals surface area contributed by atoms with E-state index >= 15 is 0 Å². The second-order valence-corrected chi connectivity index (χ2v) is 5.44. The predicted molar refractivity (Wildman–Crippen MR) is 72.7 cm³/mol. The van der Waals surface area contributed by atoms with Crippen molar-refractivity contribution in [1.82, 2.24) is 5.32 Å². The molecule has 20 heavy (non-hydrogen) atoms. The number of rotatable bonds is 3. The maximum atomic E-state index is 12.5. The molecule has 5 nitrogen and oxygen atoms in total. The maximum Gasteiger partial charge on any atom is 0.231 e. The van der Waals surface area contributed by atoms with Crippen LogP contribution in [-0.2, 0) is 9.53 Å². The number of carbonyl (C=O) groups excluding carboxylic acids is 1. The molecule has 5 heteroatoms. The van der Waals surface area contributed by atoms with Crippen LogP contribution >= 0.6 is 0 Å². The number of para-hydroxylation sites is 1. The van der Waals surface area contributed by atoms with Gasteiger partial charge in [0, 0.05) is 18.8 Å². The third-order valence-electron chi connectivity index (χ3n) is 4.16. The Hall–Kier alpha value is -1.59. The minimum absolute atomic E-state index is 0.0582. The van der Waals surface area contributed by atoms with Crippen molar-refractivity contribution in [2.75, 3.05) is 26.4 Å². The minimum atomic E-state index is -0.549. The van der Waals surface area contributed by atoms with Gasteiger partial charge >= 0.3 is 0 Å². The van der Waals surface area contributed by atoms with Crippen LogP contribution in [0.15, 0.2) is 24.3 Å². The highest BCUT2D eigenvalue weighted by Crippen LogP contribution is 2.34. The van der Waals surface area contributed by atoms with Gasteiger partial charge in [0.2, 0.25) is 5.91 Å². The zero-order chi connectivity index (χ0) is 14.0. The summed E-state index contributed by atoms with van der Waals surface area (Å²) in [5.41, 5.74) is 0.373. The quantitative estimate of drug-likeness (QED) is 0.858. The van der Waals surface area contributed by atoms with Crippen molar-refractivity contribution < 1.29 is 19.4 Å². The van der Waals surface area contributed by atoms with Crippen LogP contribution in [0.1, 0.15) is 24.3 Å². The molecule has 1 aromatic rings. The number of aliphatic hydroxyl groups is 1. The van der Waals surface area contributed by atoms with Crippen LogP contribution in [-0.4, -0.2) is 43.0 Å². The Kier molecular flexibility index (Phi) is 3.63. The molecule has 1 amide bonds.